The van der Waals surface area contributed by atoms with Gasteiger partial charge in [-0.2, -0.15) is 0 Å². The van der Waals surface area contributed by atoms with Crippen LogP contribution in [0.4, 0.5) is 0 Å². The average molecular weight is 261 g/mol. The van der Waals surface area contributed by atoms with E-state index in [4.69, 9.17) is 0 Å². The summed E-state index contributed by atoms with van der Waals surface area (Å²) in [6, 6.07) is 0.561. The number of hydrogen-bond acceptors (Lipinski definition) is 2. The summed E-state index contributed by atoms with van der Waals surface area (Å²) >= 11 is 0. The predicted octanol–water partition coefficient (Wildman–Crippen LogP) is 1.91. The monoisotopic (exact) mass is 260 g/mol. The zero-order chi connectivity index (χ0) is 11.7. The smallest absolute Gasteiger partial charge is 0.226 e. The van der Waals surface area contributed by atoms with Gasteiger partial charge in [0.15, 0.2) is 0 Å². The van der Waals surface area contributed by atoms with E-state index in [-0.39, 0.29) is 18.3 Å². The van der Waals surface area contributed by atoms with Crippen LogP contribution in [0.15, 0.2) is 0 Å². The van der Waals surface area contributed by atoms with Crippen LogP contribution in [0.2, 0.25) is 0 Å². The molecule has 0 radical (unpaired) electrons. The van der Waals surface area contributed by atoms with Crippen LogP contribution in [0, 0.1) is 17.8 Å². The summed E-state index contributed by atoms with van der Waals surface area (Å²) in [4.78, 5) is 14.5. The quantitative estimate of drug-likeness (QED) is 0.819. The Kier molecular flexibility index (Phi) is 5.26. The molecule has 0 aromatic carbocycles. The minimum Gasteiger partial charge on any atom is -0.339 e. The maximum absolute atomic E-state index is 12.4. The Morgan fingerprint density at radius 1 is 1.29 bits per heavy atom. The molecule has 0 bridgehead atoms. The Bertz CT molecular complexity index is 262. The van der Waals surface area contributed by atoms with Crippen LogP contribution in [0.1, 0.15) is 33.6 Å². The van der Waals surface area contributed by atoms with E-state index in [0.29, 0.717) is 23.8 Å². The van der Waals surface area contributed by atoms with Crippen molar-refractivity contribution in [3.8, 4) is 0 Å². The van der Waals surface area contributed by atoms with E-state index in [2.05, 4.69) is 31.0 Å². The molecule has 1 heterocycles. The number of halogens is 1. The third-order valence-corrected chi connectivity index (χ3v) is 3.74. The van der Waals surface area contributed by atoms with Gasteiger partial charge in [-0.05, 0) is 37.8 Å². The molecule has 2 rings (SSSR count). The summed E-state index contributed by atoms with van der Waals surface area (Å²) in [5, 5.41) is 3.25. The Hall–Kier alpha value is -0.280. The van der Waals surface area contributed by atoms with Crippen LogP contribution in [0.5, 0.6) is 0 Å². The topological polar surface area (TPSA) is 32.3 Å². The number of carbonyl (C=O) groups excluding carboxylic acids is 1. The molecule has 1 amide bonds. The molecule has 1 N–H and O–H groups in total. The molecule has 0 aromatic rings. The molecule has 100 valence electrons. The maximum Gasteiger partial charge on any atom is 0.226 e. The number of nitrogens with one attached hydrogen (secondary N) is 1. The predicted molar refractivity (Wildman–Crippen MR) is 72.3 cm³/mol. The molecule has 2 aliphatic rings. The molecule has 17 heavy (non-hydrogen) atoms. The van der Waals surface area contributed by atoms with E-state index in [1.54, 1.807) is 0 Å². The summed E-state index contributed by atoms with van der Waals surface area (Å²) in [6.45, 7) is 9.47. The molecule has 1 aliphatic carbocycles. The first-order chi connectivity index (χ1) is 7.59. The van der Waals surface area contributed by atoms with Gasteiger partial charge in [0.05, 0.1) is 0 Å². The fraction of sp³-hybridized carbons (Fsp3) is 0.923. The van der Waals surface area contributed by atoms with E-state index < -0.39 is 0 Å². The number of carbonyl (C=O) groups is 1. The minimum absolute atomic E-state index is 0. The van der Waals surface area contributed by atoms with Crippen LogP contribution in [0.25, 0.3) is 0 Å². The normalized spacial score (nSPS) is 21.6. The Labute approximate surface area is 111 Å². The Balaban J connectivity index is 0.00000144. The first-order valence-electron chi connectivity index (χ1n) is 6.60. The zero-order valence-corrected chi connectivity index (χ0v) is 11.9. The second-order valence-corrected chi connectivity index (χ2v) is 5.82. The number of amides is 1. The van der Waals surface area contributed by atoms with Gasteiger partial charge >= 0.3 is 0 Å². The van der Waals surface area contributed by atoms with Crippen molar-refractivity contribution >= 4 is 18.3 Å². The van der Waals surface area contributed by atoms with Crippen molar-refractivity contribution in [3.63, 3.8) is 0 Å². The van der Waals surface area contributed by atoms with Gasteiger partial charge in [-0.25, -0.2) is 0 Å². The van der Waals surface area contributed by atoms with Crippen molar-refractivity contribution in [3.05, 3.63) is 0 Å². The number of rotatable bonds is 5. The second-order valence-electron chi connectivity index (χ2n) is 5.82. The van der Waals surface area contributed by atoms with Crippen molar-refractivity contribution in [1.82, 2.24) is 10.2 Å². The van der Waals surface area contributed by atoms with Crippen molar-refractivity contribution in [2.45, 2.75) is 39.7 Å². The van der Waals surface area contributed by atoms with Gasteiger partial charge in [0.1, 0.15) is 0 Å². The first kappa shape index (κ1) is 14.8. The van der Waals surface area contributed by atoms with Crippen molar-refractivity contribution in [1.29, 1.82) is 0 Å². The van der Waals surface area contributed by atoms with Crippen LogP contribution >= 0.6 is 12.4 Å². The lowest BCUT2D eigenvalue weighted by Crippen LogP contribution is -2.51. The molecule has 1 aliphatic heterocycles. The SMILES string of the molecule is CC(C)CN(C(=O)C(C)C1CNC1)C1CC1.Cl. The molecule has 1 saturated carbocycles. The largest absolute Gasteiger partial charge is 0.339 e. The van der Waals surface area contributed by atoms with E-state index >= 15 is 0 Å². The highest BCUT2D eigenvalue weighted by atomic mass is 35.5. The molecule has 0 spiro atoms. The fourth-order valence-electron chi connectivity index (χ4n) is 2.33. The number of hydrogen-bond donors (Lipinski definition) is 1. The highest BCUT2D eigenvalue weighted by Gasteiger charge is 2.38. The molecule has 2 fully saturated rings. The van der Waals surface area contributed by atoms with Gasteiger partial charge in [-0.1, -0.05) is 20.8 Å². The number of nitrogens with zero attached hydrogens (tertiary/aromatic N) is 1. The molecule has 3 nitrogen and oxygen atoms in total. The summed E-state index contributed by atoms with van der Waals surface area (Å²) in [5.41, 5.74) is 0. The van der Waals surface area contributed by atoms with E-state index in [9.17, 15) is 4.79 Å². The molecule has 1 atom stereocenters. The van der Waals surface area contributed by atoms with E-state index in [1.807, 2.05) is 0 Å². The van der Waals surface area contributed by atoms with Crippen LogP contribution < -0.4 is 5.32 Å². The molecule has 0 aromatic heterocycles. The highest BCUT2D eigenvalue weighted by Crippen LogP contribution is 2.30. The Morgan fingerprint density at radius 2 is 1.88 bits per heavy atom. The molecule has 4 heteroatoms. The fourth-order valence-corrected chi connectivity index (χ4v) is 2.33. The van der Waals surface area contributed by atoms with Gasteiger partial charge in [-0.15, -0.1) is 12.4 Å². The zero-order valence-electron chi connectivity index (χ0n) is 11.1. The lowest BCUT2D eigenvalue weighted by atomic mass is 9.87. The lowest BCUT2D eigenvalue weighted by Gasteiger charge is -2.35. The second kappa shape index (κ2) is 6.05. The lowest BCUT2D eigenvalue weighted by molar-refractivity contribution is -0.138. The van der Waals surface area contributed by atoms with E-state index in [0.717, 1.165) is 19.6 Å². The summed E-state index contributed by atoms with van der Waals surface area (Å²) in [7, 11) is 0. The molecule has 1 unspecified atom stereocenters. The van der Waals surface area contributed by atoms with Crippen LogP contribution in [-0.2, 0) is 4.79 Å². The summed E-state index contributed by atoms with van der Waals surface area (Å²) in [6.07, 6.45) is 2.43. The van der Waals surface area contributed by atoms with E-state index in [1.165, 1.54) is 12.8 Å². The minimum atomic E-state index is 0. The molecular weight excluding hydrogens is 236 g/mol. The van der Waals surface area contributed by atoms with Crippen molar-refractivity contribution in [2.24, 2.45) is 17.8 Å². The van der Waals surface area contributed by atoms with Crippen molar-refractivity contribution < 1.29 is 4.79 Å². The van der Waals surface area contributed by atoms with Gasteiger partial charge in [-0.3, -0.25) is 4.79 Å². The molecular formula is C13H25ClN2O. The van der Waals surface area contributed by atoms with Crippen LogP contribution in [-0.4, -0.2) is 36.5 Å². The van der Waals surface area contributed by atoms with Gasteiger partial charge in [0.25, 0.3) is 0 Å². The first-order valence-corrected chi connectivity index (χ1v) is 6.60. The highest BCUT2D eigenvalue weighted by molar-refractivity contribution is 5.85. The van der Waals surface area contributed by atoms with Gasteiger partial charge in [0.2, 0.25) is 5.91 Å². The Morgan fingerprint density at radius 3 is 2.24 bits per heavy atom. The summed E-state index contributed by atoms with van der Waals surface area (Å²) in [5.74, 6) is 1.75. The van der Waals surface area contributed by atoms with Gasteiger partial charge < -0.3 is 10.2 Å². The third kappa shape index (κ3) is 3.59. The standard InChI is InChI=1S/C13H24N2O.ClH/c1-9(2)8-15(12-4-5-12)13(16)10(3)11-6-14-7-11;/h9-12,14H,4-8H2,1-3H3;1H. The van der Waals surface area contributed by atoms with Gasteiger partial charge in [0, 0.05) is 18.5 Å². The van der Waals surface area contributed by atoms with Crippen LogP contribution in [0.3, 0.4) is 0 Å². The van der Waals surface area contributed by atoms with Crippen molar-refractivity contribution in [2.75, 3.05) is 19.6 Å². The average Bonchev–Trinajstić information content (AvgIpc) is 2.93. The maximum atomic E-state index is 12.4. The summed E-state index contributed by atoms with van der Waals surface area (Å²) < 4.78 is 0. The third-order valence-electron chi connectivity index (χ3n) is 3.74. The molecule has 1 saturated heterocycles.